The number of rotatable bonds is 1. The van der Waals surface area contributed by atoms with Crippen LogP contribution < -0.4 is 5.32 Å². The van der Waals surface area contributed by atoms with Crippen LogP contribution in [0.2, 0.25) is 0 Å². The van der Waals surface area contributed by atoms with Gasteiger partial charge in [-0.2, -0.15) is 0 Å². The van der Waals surface area contributed by atoms with Crippen LogP contribution in [0.15, 0.2) is 54.7 Å². The number of hydrogen-bond donors (Lipinski definition) is 2. The molecule has 94 valence electrons. The lowest BCUT2D eigenvalue weighted by Gasteiger charge is -2.26. The minimum Gasteiger partial charge on any atom is -0.361 e. The van der Waals surface area contributed by atoms with Gasteiger partial charge in [0.1, 0.15) is 0 Å². The summed E-state index contributed by atoms with van der Waals surface area (Å²) in [5.74, 6) is 0.462. The number of hydrogen-bond acceptors (Lipinski definition) is 1. The minimum atomic E-state index is 0.462. The molecule has 0 saturated carbocycles. The molecular formula is C17H16N2. The van der Waals surface area contributed by atoms with Crippen LogP contribution in [-0.2, 0) is 6.54 Å². The summed E-state index contributed by atoms with van der Waals surface area (Å²) in [5.41, 5.74) is 5.50. The van der Waals surface area contributed by atoms with Crippen molar-refractivity contribution in [1.29, 1.82) is 0 Å². The predicted octanol–water partition coefficient (Wildman–Crippen LogP) is 3.40. The maximum Gasteiger partial charge on any atom is 0.0454 e. The fourth-order valence-corrected chi connectivity index (χ4v) is 3.08. The van der Waals surface area contributed by atoms with Gasteiger partial charge in [-0.25, -0.2) is 0 Å². The van der Waals surface area contributed by atoms with Crippen molar-refractivity contribution in [3.05, 3.63) is 71.4 Å². The topological polar surface area (TPSA) is 27.8 Å². The van der Waals surface area contributed by atoms with Crippen molar-refractivity contribution < 1.29 is 0 Å². The molecule has 0 saturated heterocycles. The summed E-state index contributed by atoms with van der Waals surface area (Å²) in [5, 5.41) is 4.82. The summed E-state index contributed by atoms with van der Waals surface area (Å²) in [7, 11) is 0. The van der Waals surface area contributed by atoms with E-state index in [1.165, 1.54) is 27.6 Å². The molecule has 2 N–H and O–H groups in total. The molecule has 0 bridgehead atoms. The first-order chi connectivity index (χ1) is 9.42. The highest BCUT2D eigenvalue weighted by Gasteiger charge is 2.21. The van der Waals surface area contributed by atoms with E-state index < -0.39 is 0 Å². The lowest BCUT2D eigenvalue weighted by Crippen LogP contribution is -2.28. The Labute approximate surface area is 112 Å². The summed E-state index contributed by atoms with van der Waals surface area (Å²) in [6.07, 6.45) is 2.00. The van der Waals surface area contributed by atoms with E-state index in [9.17, 15) is 0 Å². The van der Waals surface area contributed by atoms with Crippen molar-refractivity contribution in [2.75, 3.05) is 6.54 Å². The first kappa shape index (κ1) is 10.8. The molecule has 0 fully saturated rings. The van der Waals surface area contributed by atoms with Gasteiger partial charge in [0, 0.05) is 30.7 Å². The molecule has 0 amide bonds. The Bertz CT molecular complexity index is 727. The van der Waals surface area contributed by atoms with Crippen LogP contribution in [0.5, 0.6) is 0 Å². The van der Waals surface area contributed by atoms with Gasteiger partial charge in [0.2, 0.25) is 0 Å². The normalized spacial score (nSPS) is 18.4. The number of benzene rings is 2. The zero-order valence-corrected chi connectivity index (χ0v) is 10.7. The van der Waals surface area contributed by atoms with Gasteiger partial charge in [-0.3, -0.25) is 0 Å². The van der Waals surface area contributed by atoms with Crippen LogP contribution >= 0.6 is 0 Å². The molecular weight excluding hydrogens is 232 g/mol. The highest BCUT2D eigenvalue weighted by Crippen LogP contribution is 2.31. The second-order valence-corrected chi connectivity index (χ2v) is 5.21. The number of aromatic nitrogens is 1. The molecule has 2 aromatic carbocycles. The zero-order valence-electron chi connectivity index (χ0n) is 10.7. The van der Waals surface area contributed by atoms with E-state index in [1.54, 1.807) is 0 Å². The van der Waals surface area contributed by atoms with Crippen molar-refractivity contribution in [2.24, 2.45) is 0 Å². The Morgan fingerprint density at radius 1 is 1.00 bits per heavy atom. The standard InChI is InChI=1S/C17H16N2/c1-2-4-15-14(3-1)10-18-11-16(15)12-5-6-17-13(9-12)7-8-19-17/h1-9,16,18-19H,10-11H2. The molecule has 2 nitrogen and oxygen atoms in total. The fourth-order valence-electron chi connectivity index (χ4n) is 3.08. The first-order valence-corrected chi connectivity index (χ1v) is 6.77. The summed E-state index contributed by atoms with van der Waals surface area (Å²) < 4.78 is 0. The van der Waals surface area contributed by atoms with Crippen LogP contribution in [0.25, 0.3) is 10.9 Å². The molecule has 19 heavy (non-hydrogen) atoms. The van der Waals surface area contributed by atoms with Gasteiger partial charge in [0.05, 0.1) is 0 Å². The molecule has 4 rings (SSSR count). The van der Waals surface area contributed by atoms with Gasteiger partial charge in [-0.05, 0) is 40.3 Å². The van der Waals surface area contributed by atoms with E-state index in [0.717, 1.165) is 13.1 Å². The van der Waals surface area contributed by atoms with Gasteiger partial charge >= 0.3 is 0 Å². The molecule has 0 spiro atoms. The second kappa shape index (κ2) is 4.25. The van der Waals surface area contributed by atoms with Crippen LogP contribution in [-0.4, -0.2) is 11.5 Å². The van der Waals surface area contributed by atoms with Gasteiger partial charge in [-0.1, -0.05) is 30.3 Å². The van der Waals surface area contributed by atoms with Gasteiger partial charge in [0.25, 0.3) is 0 Å². The Balaban J connectivity index is 1.84. The number of fused-ring (bicyclic) bond motifs is 2. The third kappa shape index (κ3) is 1.76. The molecule has 1 unspecified atom stereocenters. The summed E-state index contributed by atoms with van der Waals surface area (Å²) in [6, 6.07) is 17.6. The van der Waals surface area contributed by atoms with Crippen molar-refractivity contribution in [1.82, 2.24) is 10.3 Å². The van der Waals surface area contributed by atoms with Crippen LogP contribution in [0.1, 0.15) is 22.6 Å². The molecule has 1 aromatic heterocycles. The van der Waals surface area contributed by atoms with E-state index in [-0.39, 0.29) is 0 Å². The van der Waals surface area contributed by atoms with Crippen LogP contribution in [0.4, 0.5) is 0 Å². The average Bonchev–Trinajstić information content (AvgIpc) is 2.94. The molecule has 1 atom stereocenters. The van der Waals surface area contributed by atoms with Crippen molar-refractivity contribution in [3.8, 4) is 0 Å². The lowest BCUT2D eigenvalue weighted by molar-refractivity contribution is 0.592. The van der Waals surface area contributed by atoms with Crippen LogP contribution in [0, 0.1) is 0 Å². The Kier molecular flexibility index (Phi) is 2.42. The summed E-state index contributed by atoms with van der Waals surface area (Å²) in [6.45, 7) is 2.01. The number of aromatic amines is 1. The summed E-state index contributed by atoms with van der Waals surface area (Å²) >= 11 is 0. The van der Waals surface area contributed by atoms with Crippen LogP contribution in [0.3, 0.4) is 0 Å². The van der Waals surface area contributed by atoms with E-state index in [1.807, 2.05) is 6.20 Å². The summed E-state index contributed by atoms with van der Waals surface area (Å²) in [4.78, 5) is 3.25. The van der Waals surface area contributed by atoms with Crippen molar-refractivity contribution in [2.45, 2.75) is 12.5 Å². The molecule has 1 aliphatic rings. The Morgan fingerprint density at radius 2 is 1.95 bits per heavy atom. The molecule has 1 aliphatic heterocycles. The minimum absolute atomic E-state index is 0.462. The van der Waals surface area contributed by atoms with Crippen molar-refractivity contribution in [3.63, 3.8) is 0 Å². The molecule has 0 radical (unpaired) electrons. The van der Waals surface area contributed by atoms with Gasteiger partial charge < -0.3 is 10.3 Å². The third-order valence-electron chi connectivity index (χ3n) is 4.07. The number of H-pyrrole nitrogens is 1. The van der Waals surface area contributed by atoms with Gasteiger partial charge in [0.15, 0.2) is 0 Å². The smallest absolute Gasteiger partial charge is 0.0454 e. The predicted molar refractivity (Wildman–Crippen MR) is 78.3 cm³/mol. The second-order valence-electron chi connectivity index (χ2n) is 5.21. The largest absolute Gasteiger partial charge is 0.361 e. The molecule has 2 heteroatoms. The fraction of sp³-hybridized carbons (Fsp3) is 0.176. The first-order valence-electron chi connectivity index (χ1n) is 6.77. The maximum atomic E-state index is 3.52. The molecule has 2 heterocycles. The van der Waals surface area contributed by atoms with E-state index >= 15 is 0 Å². The van der Waals surface area contributed by atoms with E-state index in [2.05, 4.69) is 58.8 Å². The monoisotopic (exact) mass is 248 g/mol. The average molecular weight is 248 g/mol. The Morgan fingerprint density at radius 3 is 2.95 bits per heavy atom. The lowest BCUT2D eigenvalue weighted by atomic mass is 9.85. The van der Waals surface area contributed by atoms with E-state index in [0.29, 0.717) is 5.92 Å². The highest BCUT2D eigenvalue weighted by molar-refractivity contribution is 5.80. The SMILES string of the molecule is c1ccc2c(c1)CNCC2c1ccc2[nH]ccc2c1. The molecule has 0 aliphatic carbocycles. The zero-order chi connectivity index (χ0) is 12.7. The Hall–Kier alpha value is -2.06. The number of nitrogens with one attached hydrogen (secondary N) is 2. The quantitative estimate of drug-likeness (QED) is 0.678. The molecule has 3 aromatic rings. The van der Waals surface area contributed by atoms with E-state index in [4.69, 9.17) is 0 Å². The van der Waals surface area contributed by atoms with Crippen molar-refractivity contribution >= 4 is 10.9 Å². The van der Waals surface area contributed by atoms with Gasteiger partial charge in [-0.15, -0.1) is 0 Å². The third-order valence-corrected chi connectivity index (χ3v) is 4.07. The highest BCUT2D eigenvalue weighted by atomic mass is 14.9. The maximum absolute atomic E-state index is 3.52.